The Morgan fingerprint density at radius 1 is 0.950 bits per heavy atom. The summed E-state index contributed by atoms with van der Waals surface area (Å²) in [6, 6.07) is 3.87. The third-order valence-corrected chi connectivity index (χ3v) is 3.48. The Morgan fingerprint density at radius 2 is 1.65 bits per heavy atom. The molecule has 114 valence electrons. The lowest BCUT2D eigenvalue weighted by Crippen LogP contribution is -2.25. The number of hydrogen-bond acceptors (Lipinski definition) is 5. The average Bonchev–Trinajstić information content (AvgIpc) is 2.50. The highest BCUT2D eigenvalue weighted by Crippen LogP contribution is 2.12. The second kappa shape index (κ2) is 9.53. The highest BCUT2D eigenvalue weighted by molar-refractivity contribution is 5.37. The summed E-state index contributed by atoms with van der Waals surface area (Å²) in [5.41, 5.74) is 0. The SMILES string of the molecule is CCN(CC)CCCOc1ccc(N(CC)CC)nn1. The van der Waals surface area contributed by atoms with E-state index in [9.17, 15) is 0 Å². The second-order valence-electron chi connectivity index (χ2n) is 4.63. The smallest absolute Gasteiger partial charge is 0.233 e. The molecule has 0 N–H and O–H groups in total. The van der Waals surface area contributed by atoms with Crippen LogP contribution >= 0.6 is 0 Å². The number of anilines is 1. The highest BCUT2D eigenvalue weighted by Gasteiger charge is 2.05. The third kappa shape index (κ3) is 5.33. The van der Waals surface area contributed by atoms with Crippen LogP contribution in [0.2, 0.25) is 0 Å². The van der Waals surface area contributed by atoms with E-state index in [0.717, 1.165) is 45.0 Å². The van der Waals surface area contributed by atoms with Gasteiger partial charge in [0.25, 0.3) is 0 Å². The van der Waals surface area contributed by atoms with Gasteiger partial charge in [-0.25, -0.2) is 0 Å². The van der Waals surface area contributed by atoms with Gasteiger partial charge in [-0.05, 0) is 39.4 Å². The quantitative estimate of drug-likeness (QED) is 0.616. The van der Waals surface area contributed by atoms with Crippen molar-refractivity contribution in [2.75, 3.05) is 44.2 Å². The van der Waals surface area contributed by atoms with Crippen LogP contribution in [0.4, 0.5) is 5.82 Å². The average molecular weight is 280 g/mol. The predicted molar refractivity (Wildman–Crippen MR) is 83.5 cm³/mol. The van der Waals surface area contributed by atoms with Crippen molar-refractivity contribution in [2.45, 2.75) is 34.1 Å². The molecule has 1 aromatic rings. The van der Waals surface area contributed by atoms with Gasteiger partial charge in [0, 0.05) is 25.7 Å². The monoisotopic (exact) mass is 280 g/mol. The van der Waals surface area contributed by atoms with Gasteiger partial charge < -0.3 is 14.5 Å². The van der Waals surface area contributed by atoms with Gasteiger partial charge in [-0.1, -0.05) is 13.8 Å². The zero-order valence-corrected chi connectivity index (χ0v) is 13.3. The van der Waals surface area contributed by atoms with E-state index in [1.807, 2.05) is 12.1 Å². The Morgan fingerprint density at radius 3 is 2.15 bits per heavy atom. The fourth-order valence-electron chi connectivity index (χ4n) is 2.11. The van der Waals surface area contributed by atoms with E-state index in [1.165, 1.54) is 0 Å². The van der Waals surface area contributed by atoms with Crippen molar-refractivity contribution in [2.24, 2.45) is 0 Å². The first-order chi connectivity index (χ1) is 9.74. The second-order valence-corrected chi connectivity index (χ2v) is 4.63. The van der Waals surface area contributed by atoms with Crippen LogP contribution in [0.25, 0.3) is 0 Å². The highest BCUT2D eigenvalue weighted by atomic mass is 16.5. The van der Waals surface area contributed by atoms with E-state index >= 15 is 0 Å². The lowest BCUT2D eigenvalue weighted by Gasteiger charge is -2.19. The zero-order valence-electron chi connectivity index (χ0n) is 13.3. The first kappa shape index (κ1) is 16.7. The molecule has 0 aliphatic rings. The normalized spacial score (nSPS) is 10.8. The van der Waals surface area contributed by atoms with Gasteiger partial charge in [0.2, 0.25) is 5.88 Å². The number of rotatable bonds is 10. The van der Waals surface area contributed by atoms with Gasteiger partial charge in [-0.15, -0.1) is 10.2 Å². The molecule has 0 unspecified atom stereocenters. The van der Waals surface area contributed by atoms with Crippen LogP contribution in [0.1, 0.15) is 34.1 Å². The molecule has 1 rings (SSSR count). The Labute approximate surface area is 122 Å². The molecule has 0 bridgehead atoms. The van der Waals surface area contributed by atoms with E-state index in [-0.39, 0.29) is 0 Å². The fraction of sp³-hybridized carbons (Fsp3) is 0.733. The molecular weight excluding hydrogens is 252 g/mol. The van der Waals surface area contributed by atoms with Crippen LogP contribution in [-0.2, 0) is 0 Å². The van der Waals surface area contributed by atoms with E-state index in [0.29, 0.717) is 12.5 Å². The van der Waals surface area contributed by atoms with Crippen LogP contribution in [0.15, 0.2) is 12.1 Å². The minimum absolute atomic E-state index is 0.612. The molecular formula is C15H28N4O. The standard InChI is InChI=1S/C15H28N4O/c1-5-18(6-2)12-9-13-20-15-11-10-14(16-17-15)19(7-3)8-4/h10-11H,5-9,12-13H2,1-4H3. The van der Waals surface area contributed by atoms with E-state index < -0.39 is 0 Å². The van der Waals surface area contributed by atoms with Crippen molar-refractivity contribution in [3.05, 3.63) is 12.1 Å². The molecule has 0 aliphatic heterocycles. The summed E-state index contributed by atoms with van der Waals surface area (Å²) >= 11 is 0. The number of ether oxygens (including phenoxy) is 1. The summed E-state index contributed by atoms with van der Waals surface area (Å²) in [5.74, 6) is 1.52. The maximum absolute atomic E-state index is 5.63. The van der Waals surface area contributed by atoms with Crippen molar-refractivity contribution in [3.8, 4) is 5.88 Å². The molecule has 0 aliphatic carbocycles. The molecule has 0 saturated heterocycles. The first-order valence-electron chi connectivity index (χ1n) is 7.68. The summed E-state index contributed by atoms with van der Waals surface area (Å²) in [4.78, 5) is 4.55. The van der Waals surface area contributed by atoms with Gasteiger partial charge in [0.1, 0.15) is 0 Å². The molecule has 0 aromatic carbocycles. The van der Waals surface area contributed by atoms with Crippen molar-refractivity contribution in [1.29, 1.82) is 0 Å². The molecule has 0 fully saturated rings. The fourth-order valence-corrected chi connectivity index (χ4v) is 2.11. The minimum atomic E-state index is 0.612. The first-order valence-corrected chi connectivity index (χ1v) is 7.68. The Bertz CT molecular complexity index is 347. The molecule has 0 spiro atoms. The summed E-state index contributed by atoms with van der Waals surface area (Å²) in [6.45, 7) is 14.4. The summed E-state index contributed by atoms with van der Waals surface area (Å²) in [5, 5.41) is 8.33. The van der Waals surface area contributed by atoms with Crippen LogP contribution in [0, 0.1) is 0 Å². The predicted octanol–water partition coefficient (Wildman–Crippen LogP) is 2.43. The van der Waals surface area contributed by atoms with Crippen molar-refractivity contribution in [3.63, 3.8) is 0 Å². The van der Waals surface area contributed by atoms with Gasteiger partial charge in [0.15, 0.2) is 5.82 Å². The molecule has 20 heavy (non-hydrogen) atoms. The summed E-state index contributed by atoms with van der Waals surface area (Å²) in [7, 11) is 0. The molecule has 0 amide bonds. The topological polar surface area (TPSA) is 41.5 Å². The van der Waals surface area contributed by atoms with Gasteiger partial charge in [-0.2, -0.15) is 0 Å². The van der Waals surface area contributed by atoms with Gasteiger partial charge in [0.05, 0.1) is 6.61 Å². The lowest BCUT2D eigenvalue weighted by atomic mass is 10.4. The molecule has 5 nitrogen and oxygen atoms in total. The van der Waals surface area contributed by atoms with Crippen molar-refractivity contribution in [1.82, 2.24) is 15.1 Å². The lowest BCUT2D eigenvalue weighted by molar-refractivity contribution is 0.243. The molecule has 0 saturated carbocycles. The Balaban J connectivity index is 2.35. The molecule has 0 radical (unpaired) electrons. The largest absolute Gasteiger partial charge is 0.477 e. The van der Waals surface area contributed by atoms with Crippen molar-refractivity contribution >= 4 is 5.82 Å². The van der Waals surface area contributed by atoms with Gasteiger partial charge >= 0.3 is 0 Å². The van der Waals surface area contributed by atoms with E-state index in [4.69, 9.17) is 4.74 Å². The number of hydrogen-bond donors (Lipinski definition) is 0. The van der Waals surface area contributed by atoms with Gasteiger partial charge in [-0.3, -0.25) is 0 Å². The molecule has 5 heteroatoms. The summed E-state index contributed by atoms with van der Waals surface area (Å²) < 4.78 is 5.63. The maximum atomic E-state index is 5.63. The Kier molecular flexibility index (Phi) is 7.95. The van der Waals surface area contributed by atoms with Crippen LogP contribution < -0.4 is 9.64 Å². The third-order valence-electron chi connectivity index (χ3n) is 3.48. The molecule has 0 atom stereocenters. The van der Waals surface area contributed by atoms with Crippen LogP contribution in [-0.4, -0.2) is 54.4 Å². The van der Waals surface area contributed by atoms with Crippen molar-refractivity contribution < 1.29 is 4.74 Å². The number of nitrogens with zero attached hydrogens (tertiary/aromatic N) is 4. The summed E-state index contributed by atoms with van der Waals surface area (Å²) in [6.07, 6.45) is 1.02. The van der Waals surface area contributed by atoms with E-state index in [1.54, 1.807) is 0 Å². The van der Waals surface area contributed by atoms with Crippen LogP contribution in [0.5, 0.6) is 5.88 Å². The van der Waals surface area contributed by atoms with E-state index in [2.05, 4.69) is 47.7 Å². The Hall–Kier alpha value is -1.36. The zero-order chi connectivity index (χ0) is 14.8. The maximum Gasteiger partial charge on any atom is 0.233 e. The van der Waals surface area contributed by atoms with Crippen LogP contribution in [0.3, 0.4) is 0 Å². The molecule has 1 aromatic heterocycles. The molecule has 1 heterocycles. The number of aromatic nitrogens is 2. The minimum Gasteiger partial charge on any atom is -0.477 e.